The average Bonchev–Trinajstić information content (AvgIpc) is 2.61. The van der Waals surface area contributed by atoms with Gasteiger partial charge in [0.25, 0.3) is 0 Å². The number of hydrogen-bond acceptors (Lipinski definition) is 2. The Kier molecular flexibility index (Phi) is 2.85. The third kappa shape index (κ3) is 1.68. The van der Waals surface area contributed by atoms with Crippen molar-refractivity contribution >= 4 is 11.3 Å². The van der Waals surface area contributed by atoms with Crippen LogP contribution in [0.2, 0.25) is 0 Å². The molecule has 0 bridgehead atoms. The molecule has 1 atom stereocenters. The molecule has 2 heteroatoms. The van der Waals surface area contributed by atoms with Gasteiger partial charge in [0, 0.05) is 13.0 Å². The molecule has 14 heavy (non-hydrogen) atoms. The van der Waals surface area contributed by atoms with Crippen molar-refractivity contribution in [1.29, 1.82) is 0 Å². The van der Waals surface area contributed by atoms with Crippen molar-refractivity contribution in [3.8, 4) is 11.1 Å². The van der Waals surface area contributed by atoms with Crippen LogP contribution in [0.15, 0.2) is 29.0 Å². The molecule has 0 saturated heterocycles. The van der Waals surface area contributed by atoms with Gasteiger partial charge in [-0.2, -0.15) is 11.3 Å². The van der Waals surface area contributed by atoms with Crippen LogP contribution in [0.25, 0.3) is 11.1 Å². The summed E-state index contributed by atoms with van der Waals surface area (Å²) in [5.41, 5.74) is 4.11. The van der Waals surface area contributed by atoms with Gasteiger partial charge in [0.15, 0.2) is 0 Å². The summed E-state index contributed by atoms with van der Waals surface area (Å²) in [7, 11) is 1.75. The summed E-state index contributed by atoms with van der Waals surface area (Å²) in [6.07, 6.45) is 0. The molecule has 0 N–H and O–H groups in total. The molecule has 0 radical (unpaired) electrons. The molecule has 2 rings (SSSR count). The quantitative estimate of drug-likeness (QED) is 0.745. The summed E-state index contributed by atoms with van der Waals surface area (Å²) < 4.78 is 5.18. The van der Waals surface area contributed by atoms with Crippen LogP contribution in [-0.2, 0) is 4.74 Å². The third-order valence-corrected chi connectivity index (χ3v) is 3.20. The van der Waals surface area contributed by atoms with E-state index in [1.165, 1.54) is 16.7 Å². The van der Waals surface area contributed by atoms with Crippen LogP contribution in [-0.4, -0.2) is 13.7 Å². The maximum absolute atomic E-state index is 5.18. The summed E-state index contributed by atoms with van der Waals surface area (Å²) in [5, 5.41) is 4.32. The van der Waals surface area contributed by atoms with Gasteiger partial charge in [0.2, 0.25) is 0 Å². The highest BCUT2D eigenvalue weighted by molar-refractivity contribution is 7.07. The van der Waals surface area contributed by atoms with E-state index in [1.54, 1.807) is 18.4 Å². The number of methoxy groups -OCH3 is 1. The van der Waals surface area contributed by atoms with Gasteiger partial charge in [-0.1, -0.05) is 19.1 Å². The summed E-state index contributed by atoms with van der Waals surface area (Å²) in [6.45, 7) is 2.99. The molecule has 2 aliphatic rings. The van der Waals surface area contributed by atoms with Crippen LogP contribution in [0.4, 0.5) is 0 Å². The Labute approximate surface area is 88.7 Å². The maximum Gasteiger partial charge on any atom is 0.0528 e. The van der Waals surface area contributed by atoms with Crippen molar-refractivity contribution in [2.75, 3.05) is 13.7 Å². The SMILES string of the molecule is COCC(C)c1ccc2csccc1-2. The Morgan fingerprint density at radius 3 is 3.00 bits per heavy atom. The molecule has 0 aromatic heterocycles. The van der Waals surface area contributed by atoms with E-state index in [2.05, 4.69) is 35.9 Å². The van der Waals surface area contributed by atoms with Crippen LogP contribution in [0.1, 0.15) is 18.4 Å². The zero-order chi connectivity index (χ0) is 9.97. The maximum atomic E-state index is 5.18. The Hall–Kier alpha value is -0.860. The molecule has 1 aliphatic heterocycles. The molecule has 0 aromatic rings. The van der Waals surface area contributed by atoms with E-state index in [9.17, 15) is 0 Å². The lowest BCUT2D eigenvalue weighted by Gasteiger charge is -2.11. The summed E-state index contributed by atoms with van der Waals surface area (Å²) in [5.74, 6) is 0.477. The summed E-state index contributed by atoms with van der Waals surface area (Å²) >= 11 is 1.74. The monoisotopic (exact) mass is 206 g/mol. The molecular weight excluding hydrogens is 192 g/mol. The highest BCUT2D eigenvalue weighted by Gasteiger charge is 2.13. The van der Waals surface area contributed by atoms with E-state index in [0.717, 1.165) is 6.61 Å². The lowest BCUT2D eigenvalue weighted by molar-refractivity contribution is 0.184. The lowest BCUT2D eigenvalue weighted by atomic mass is 10.00. The van der Waals surface area contributed by atoms with E-state index in [-0.39, 0.29) is 0 Å². The van der Waals surface area contributed by atoms with Gasteiger partial charge in [-0.25, -0.2) is 0 Å². The Morgan fingerprint density at radius 1 is 1.36 bits per heavy atom. The lowest BCUT2D eigenvalue weighted by Crippen LogP contribution is -2.01. The molecule has 0 saturated carbocycles. The van der Waals surface area contributed by atoms with E-state index in [4.69, 9.17) is 4.74 Å². The fourth-order valence-corrected chi connectivity index (χ4v) is 2.46. The molecule has 1 aliphatic carbocycles. The van der Waals surface area contributed by atoms with Crippen LogP contribution < -0.4 is 0 Å². The van der Waals surface area contributed by atoms with Gasteiger partial charge >= 0.3 is 0 Å². The molecule has 0 amide bonds. The first kappa shape index (κ1) is 9.69. The predicted molar refractivity (Wildman–Crippen MR) is 61.2 cm³/mol. The Morgan fingerprint density at radius 2 is 2.21 bits per heavy atom. The first-order valence-corrected chi connectivity index (χ1v) is 5.71. The second kappa shape index (κ2) is 4.11. The van der Waals surface area contributed by atoms with Gasteiger partial charge in [-0.3, -0.25) is 0 Å². The van der Waals surface area contributed by atoms with E-state index < -0.39 is 0 Å². The first-order valence-electron chi connectivity index (χ1n) is 4.76. The Bertz CT molecular complexity index is 380. The van der Waals surface area contributed by atoms with Crippen molar-refractivity contribution in [2.45, 2.75) is 12.8 Å². The van der Waals surface area contributed by atoms with Gasteiger partial charge < -0.3 is 4.74 Å². The Balaban J connectivity index is 2.35. The summed E-state index contributed by atoms with van der Waals surface area (Å²) in [4.78, 5) is 0. The largest absolute Gasteiger partial charge is 0.384 e. The molecule has 0 aromatic carbocycles. The molecule has 1 nitrogen and oxygen atoms in total. The van der Waals surface area contributed by atoms with Crippen LogP contribution in [0, 0.1) is 0 Å². The van der Waals surface area contributed by atoms with Gasteiger partial charge in [-0.05, 0) is 33.5 Å². The van der Waals surface area contributed by atoms with E-state index in [0.29, 0.717) is 5.92 Å². The molecule has 1 heterocycles. The molecule has 1 unspecified atom stereocenters. The molecule has 74 valence electrons. The second-order valence-corrected chi connectivity index (χ2v) is 4.35. The highest BCUT2D eigenvalue weighted by atomic mass is 32.1. The highest BCUT2D eigenvalue weighted by Crippen LogP contribution is 2.33. The van der Waals surface area contributed by atoms with Crippen LogP contribution in [0.3, 0.4) is 0 Å². The average molecular weight is 206 g/mol. The fourth-order valence-electron chi connectivity index (χ4n) is 1.81. The zero-order valence-corrected chi connectivity index (χ0v) is 9.30. The fraction of sp³-hybridized carbons (Fsp3) is 0.333. The van der Waals surface area contributed by atoms with Crippen molar-refractivity contribution in [3.05, 3.63) is 34.5 Å². The number of rotatable bonds is 3. The predicted octanol–water partition coefficient (Wildman–Crippen LogP) is 3.60. The van der Waals surface area contributed by atoms with Crippen molar-refractivity contribution in [3.63, 3.8) is 0 Å². The van der Waals surface area contributed by atoms with E-state index >= 15 is 0 Å². The van der Waals surface area contributed by atoms with Crippen molar-refractivity contribution < 1.29 is 4.74 Å². The van der Waals surface area contributed by atoms with E-state index in [1.807, 2.05) is 0 Å². The standard InChI is InChI=1S/C12H14OS/c1-9(7-13-2)11-4-3-10-8-14-6-5-12(10)11/h3-6,8-9H,7H2,1-2H3. The molecular formula is C12H14OS. The van der Waals surface area contributed by atoms with Gasteiger partial charge in [-0.15, -0.1) is 0 Å². The zero-order valence-electron chi connectivity index (χ0n) is 8.49. The van der Waals surface area contributed by atoms with Gasteiger partial charge in [0.1, 0.15) is 0 Å². The smallest absolute Gasteiger partial charge is 0.0528 e. The van der Waals surface area contributed by atoms with Crippen LogP contribution in [0.5, 0.6) is 0 Å². The minimum Gasteiger partial charge on any atom is -0.384 e. The van der Waals surface area contributed by atoms with Gasteiger partial charge in [0.05, 0.1) is 6.61 Å². The summed E-state index contributed by atoms with van der Waals surface area (Å²) in [6, 6.07) is 6.59. The normalized spacial score (nSPS) is 13.3. The number of ether oxygens (including phenoxy) is 1. The topological polar surface area (TPSA) is 9.23 Å². The molecule has 0 fully saturated rings. The minimum absolute atomic E-state index is 0.477. The number of fused-ring (bicyclic) bond motifs is 1. The minimum atomic E-state index is 0.477. The number of hydrogen-bond donors (Lipinski definition) is 0. The van der Waals surface area contributed by atoms with Crippen molar-refractivity contribution in [1.82, 2.24) is 0 Å². The van der Waals surface area contributed by atoms with Crippen LogP contribution >= 0.6 is 11.3 Å². The third-order valence-electron chi connectivity index (χ3n) is 2.52. The second-order valence-electron chi connectivity index (χ2n) is 3.57. The van der Waals surface area contributed by atoms with Crippen molar-refractivity contribution in [2.24, 2.45) is 0 Å². The molecule has 0 spiro atoms. The first-order chi connectivity index (χ1) is 6.83.